The molecule has 1 aromatic carbocycles. The fraction of sp³-hybridized carbons (Fsp3) is 0.250. The van der Waals surface area contributed by atoms with Gasteiger partial charge in [-0.1, -0.05) is 30.3 Å². The molecule has 0 saturated heterocycles. The Kier molecular flexibility index (Phi) is 4.47. The Morgan fingerprint density at radius 1 is 1.47 bits per heavy atom. The van der Waals surface area contributed by atoms with Crippen LogP contribution in [0.1, 0.15) is 16.7 Å². The highest BCUT2D eigenvalue weighted by Gasteiger charge is 2.38. The number of aryl methyl sites for hydroxylation is 1. The van der Waals surface area contributed by atoms with E-state index in [4.69, 9.17) is 11.6 Å². The van der Waals surface area contributed by atoms with Crippen molar-refractivity contribution in [3.8, 4) is 0 Å². The molecule has 7 heteroatoms. The van der Waals surface area contributed by atoms with Gasteiger partial charge < -0.3 is 10.4 Å². The van der Waals surface area contributed by atoms with Crippen molar-refractivity contribution < 1.29 is 23.1 Å². The van der Waals surface area contributed by atoms with Crippen molar-refractivity contribution in [3.05, 3.63) is 40.4 Å². The molecule has 0 aliphatic rings. The van der Waals surface area contributed by atoms with Crippen LogP contribution in [0.4, 0.5) is 13.2 Å². The zero-order chi connectivity index (χ0) is 14.8. The molecule has 0 atom stereocenters. The summed E-state index contributed by atoms with van der Waals surface area (Å²) >= 11 is 5.95. The first kappa shape index (κ1) is 15.4. The fourth-order valence-electron chi connectivity index (χ4n) is 1.48. The second-order valence-electron chi connectivity index (χ2n) is 3.86. The Bertz CT molecular complexity index is 526. The predicted octanol–water partition coefficient (Wildman–Crippen LogP) is 3.36. The van der Waals surface area contributed by atoms with Crippen LogP contribution in [-0.2, 0) is 11.3 Å². The maximum absolute atomic E-state index is 12.0. The summed E-state index contributed by atoms with van der Waals surface area (Å²) in [6.45, 7) is 4.60. The minimum Gasteiger partial charge on any atom is -0.508 e. The van der Waals surface area contributed by atoms with Gasteiger partial charge in [0.1, 0.15) is 5.76 Å². The predicted molar refractivity (Wildman–Crippen MR) is 65.8 cm³/mol. The van der Waals surface area contributed by atoms with Gasteiger partial charge in [-0.3, -0.25) is 4.79 Å². The van der Waals surface area contributed by atoms with Crippen LogP contribution in [-0.4, -0.2) is 17.2 Å². The van der Waals surface area contributed by atoms with E-state index in [0.29, 0.717) is 5.56 Å². The number of benzene rings is 1. The average molecular weight is 294 g/mol. The normalized spacial score (nSPS) is 11.2. The Hall–Kier alpha value is -1.69. The van der Waals surface area contributed by atoms with E-state index in [0.717, 1.165) is 0 Å². The largest absolute Gasteiger partial charge is 0.508 e. The topological polar surface area (TPSA) is 49.3 Å². The van der Waals surface area contributed by atoms with Gasteiger partial charge in [0.15, 0.2) is 0 Å². The first-order chi connectivity index (χ1) is 8.64. The van der Waals surface area contributed by atoms with E-state index >= 15 is 0 Å². The molecular formula is C12H11ClF3NO2. The van der Waals surface area contributed by atoms with Gasteiger partial charge in [0, 0.05) is 12.1 Å². The highest BCUT2D eigenvalue weighted by atomic mass is 35.5. The van der Waals surface area contributed by atoms with Gasteiger partial charge in [-0.2, -0.15) is 13.2 Å². The molecule has 19 heavy (non-hydrogen) atoms. The Balaban J connectivity index is 2.95. The van der Waals surface area contributed by atoms with Crippen LogP contribution < -0.4 is 5.32 Å². The molecule has 0 aliphatic heterocycles. The number of aliphatic hydroxyl groups is 1. The molecule has 2 N–H and O–H groups in total. The first-order valence-electron chi connectivity index (χ1n) is 5.16. The maximum atomic E-state index is 12.0. The monoisotopic (exact) mass is 293 g/mol. The number of alkyl halides is 3. The lowest BCUT2D eigenvalue weighted by Gasteiger charge is -2.13. The van der Waals surface area contributed by atoms with Crippen molar-refractivity contribution in [1.29, 1.82) is 0 Å². The Labute approximate surface area is 112 Å². The minimum absolute atomic E-state index is 0.0648. The standard InChI is InChI=1S/C12H11ClF3NO2/c1-6-3-4-8(10(13)9(6)7(2)18)5-17-11(19)12(14,15)16/h3-4,18H,2,5H2,1H3,(H,17,19). The number of rotatable bonds is 3. The third-order valence-electron chi connectivity index (χ3n) is 2.42. The van der Waals surface area contributed by atoms with E-state index in [2.05, 4.69) is 6.58 Å². The number of carbonyl (C=O) groups is 1. The van der Waals surface area contributed by atoms with Crippen molar-refractivity contribution in [2.45, 2.75) is 19.6 Å². The summed E-state index contributed by atoms with van der Waals surface area (Å²) < 4.78 is 36.1. The number of halogens is 4. The summed E-state index contributed by atoms with van der Waals surface area (Å²) in [5, 5.41) is 11.1. The molecule has 0 unspecified atom stereocenters. The number of aliphatic hydroxyl groups excluding tert-OH is 1. The van der Waals surface area contributed by atoms with Crippen LogP contribution in [0.15, 0.2) is 18.7 Å². The zero-order valence-electron chi connectivity index (χ0n) is 9.94. The molecule has 0 heterocycles. The van der Waals surface area contributed by atoms with Crippen molar-refractivity contribution in [2.24, 2.45) is 0 Å². The van der Waals surface area contributed by atoms with Gasteiger partial charge in [-0.05, 0) is 18.1 Å². The number of amides is 1. The number of hydrogen-bond donors (Lipinski definition) is 2. The molecule has 0 radical (unpaired) electrons. The molecule has 0 saturated carbocycles. The lowest BCUT2D eigenvalue weighted by Crippen LogP contribution is -2.36. The second-order valence-corrected chi connectivity index (χ2v) is 4.24. The number of hydrogen-bond acceptors (Lipinski definition) is 2. The average Bonchev–Trinajstić information content (AvgIpc) is 2.25. The minimum atomic E-state index is -4.94. The summed E-state index contributed by atoms with van der Waals surface area (Å²) in [5.41, 5.74) is 1.14. The van der Waals surface area contributed by atoms with Gasteiger partial charge in [0.05, 0.1) is 5.02 Å². The van der Waals surface area contributed by atoms with Gasteiger partial charge in [0.25, 0.3) is 0 Å². The van der Waals surface area contributed by atoms with Gasteiger partial charge in [-0.25, -0.2) is 0 Å². The fourth-order valence-corrected chi connectivity index (χ4v) is 1.87. The number of carbonyl (C=O) groups excluding carboxylic acids is 1. The summed E-state index contributed by atoms with van der Waals surface area (Å²) in [4.78, 5) is 10.7. The SMILES string of the molecule is C=C(O)c1c(C)ccc(CNC(=O)C(F)(F)F)c1Cl. The van der Waals surface area contributed by atoms with E-state index < -0.39 is 18.6 Å². The van der Waals surface area contributed by atoms with Crippen LogP contribution in [0.25, 0.3) is 5.76 Å². The molecule has 0 fully saturated rings. The first-order valence-corrected chi connectivity index (χ1v) is 5.53. The van der Waals surface area contributed by atoms with E-state index in [1.54, 1.807) is 18.3 Å². The van der Waals surface area contributed by atoms with Gasteiger partial charge in [0.2, 0.25) is 0 Å². The van der Waals surface area contributed by atoms with Crippen LogP contribution in [0.3, 0.4) is 0 Å². The zero-order valence-corrected chi connectivity index (χ0v) is 10.7. The molecule has 0 spiro atoms. The lowest BCUT2D eigenvalue weighted by atomic mass is 10.0. The maximum Gasteiger partial charge on any atom is 0.471 e. The van der Waals surface area contributed by atoms with E-state index in [1.165, 1.54) is 6.07 Å². The molecule has 1 aromatic rings. The van der Waals surface area contributed by atoms with Crippen molar-refractivity contribution in [3.63, 3.8) is 0 Å². The third kappa shape index (κ3) is 3.64. The summed E-state index contributed by atoms with van der Waals surface area (Å²) in [6, 6.07) is 3.04. The van der Waals surface area contributed by atoms with Crippen molar-refractivity contribution >= 4 is 23.3 Å². The highest BCUT2D eigenvalue weighted by Crippen LogP contribution is 2.28. The molecule has 0 aliphatic carbocycles. The lowest BCUT2D eigenvalue weighted by molar-refractivity contribution is -0.173. The molecule has 0 bridgehead atoms. The molecule has 3 nitrogen and oxygen atoms in total. The van der Waals surface area contributed by atoms with E-state index in [-0.39, 0.29) is 21.9 Å². The molecule has 0 aromatic heterocycles. The highest BCUT2D eigenvalue weighted by molar-refractivity contribution is 6.33. The van der Waals surface area contributed by atoms with Crippen LogP contribution >= 0.6 is 11.6 Å². The summed E-state index contributed by atoms with van der Waals surface area (Å²) in [5.74, 6) is -2.33. The molecule has 1 rings (SSSR count). The number of nitrogens with one attached hydrogen (secondary N) is 1. The van der Waals surface area contributed by atoms with Crippen molar-refractivity contribution in [2.75, 3.05) is 0 Å². The summed E-state index contributed by atoms with van der Waals surface area (Å²) in [7, 11) is 0. The van der Waals surface area contributed by atoms with E-state index in [1.807, 2.05) is 0 Å². The Morgan fingerprint density at radius 2 is 2.05 bits per heavy atom. The van der Waals surface area contributed by atoms with E-state index in [9.17, 15) is 23.1 Å². The Morgan fingerprint density at radius 3 is 2.53 bits per heavy atom. The molecule has 104 valence electrons. The smallest absolute Gasteiger partial charge is 0.471 e. The molecular weight excluding hydrogens is 283 g/mol. The van der Waals surface area contributed by atoms with Gasteiger partial charge in [-0.15, -0.1) is 0 Å². The van der Waals surface area contributed by atoms with Crippen LogP contribution in [0, 0.1) is 6.92 Å². The van der Waals surface area contributed by atoms with Crippen LogP contribution in [0.5, 0.6) is 0 Å². The third-order valence-corrected chi connectivity index (χ3v) is 2.85. The molecule has 1 amide bonds. The second kappa shape index (κ2) is 5.52. The van der Waals surface area contributed by atoms with Gasteiger partial charge >= 0.3 is 12.1 Å². The van der Waals surface area contributed by atoms with Crippen LogP contribution in [0.2, 0.25) is 5.02 Å². The summed E-state index contributed by atoms with van der Waals surface area (Å²) in [6.07, 6.45) is -4.94. The quantitative estimate of drug-likeness (QED) is 0.840. The van der Waals surface area contributed by atoms with Crippen molar-refractivity contribution in [1.82, 2.24) is 5.32 Å².